The highest BCUT2D eigenvalue weighted by molar-refractivity contribution is 5.98. The van der Waals surface area contributed by atoms with E-state index in [-0.39, 0.29) is 5.70 Å². The zero-order valence-corrected chi connectivity index (χ0v) is 11.4. The summed E-state index contributed by atoms with van der Waals surface area (Å²) in [5.41, 5.74) is 0.559. The highest BCUT2D eigenvalue weighted by Crippen LogP contribution is 2.20. The Morgan fingerprint density at radius 2 is 1.86 bits per heavy atom. The first-order valence-electron chi connectivity index (χ1n) is 6.00. The zero-order chi connectivity index (χ0) is 16.8. The maximum atomic E-state index is 12.7. The lowest BCUT2D eigenvalue weighted by molar-refractivity contribution is -0.149. The fraction of sp³-hybridized carbons (Fsp3) is 0.214. The van der Waals surface area contributed by atoms with Crippen molar-refractivity contribution in [2.45, 2.75) is 19.5 Å². The van der Waals surface area contributed by atoms with Crippen LogP contribution in [0.5, 0.6) is 0 Å². The number of allylic oxidation sites excluding steroid dienone is 1. The van der Waals surface area contributed by atoms with Crippen molar-refractivity contribution in [1.82, 2.24) is 0 Å². The molecule has 0 heterocycles. The highest BCUT2D eigenvalue weighted by atomic mass is 19.4. The average molecular weight is 315 g/mol. The monoisotopic (exact) mass is 315 g/mol. The molecule has 118 valence electrons. The Hall–Kier alpha value is -2.64. The second-order valence-electron chi connectivity index (χ2n) is 4.16. The lowest BCUT2D eigenvalue weighted by atomic mass is 10.2. The molecule has 0 aromatic heterocycles. The largest absolute Gasteiger partial charge is 0.481 e. The van der Waals surface area contributed by atoms with Gasteiger partial charge in [0.15, 0.2) is 0 Å². The minimum absolute atomic E-state index is 0.0540. The van der Waals surface area contributed by atoms with Crippen LogP contribution in [-0.2, 0) is 14.3 Å². The number of esters is 1. The van der Waals surface area contributed by atoms with Gasteiger partial charge in [-0.3, -0.25) is 9.59 Å². The Kier molecular flexibility index (Phi) is 5.85. The normalized spacial score (nSPS) is 12.9. The van der Waals surface area contributed by atoms with Crippen molar-refractivity contribution >= 4 is 23.9 Å². The molecule has 5 nitrogen and oxygen atoms in total. The van der Waals surface area contributed by atoms with E-state index in [1.54, 1.807) is 30.3 Å². The number of carbonyl (C=O) groups is 2. The van der Waals surface area contributed by atoms with Crippen LogP contribution in [0.1, 0.15) is 18.9 Å². The number of halogens is 3. The number of alkyl halides is 3. The minimum atomic E-state index is -5.01. The summed E-state index contributed by atoms with van der Waals surface area (Å²) in [6.07, 6.45) is -4.84. The van der Waals surface area contributed by atoms with Crippen LogP contribution in [0.4, 0.5) is 13.2 Å². The molecule has 1 aromatic carbocycles. The number of carbonyl (C=O) groups excluding carboxylic acids is 1. The molecule has 1 aromatic rings. The molecule has 1 rings (SSSR count). The first-order chi connectivity index (χ1) is 10.2. The van der Waals surface area contributed by atoms with Crippen molar-refractivity contribution < 1.29 is 32.6 Å². The molecule has 0 atom stereocenters. The summed E-state index contributed by atoms with van der Waals surface area (Å²) in [6, 6.07) is 8.44. The number of rotatable bonds is 4. The van der Waals surface area contributed by atoms with Crippen LogP contribution in [0, 0.1) is 0 Å². The molecule has 0 radical (unpaired) electrons. The third-order valence-electron chi connectivity index (χ3n) is 2.20. The lowest BCUT2D eigenvalue weighted by Gasteiger charge is -2.10. The number of carboxylic acids is 1. The molecule has 0 bridgehead atoms. The smallest absolute Gasteiger partial charge is 0.469 e. The predicted molar refractivity (Wildman–Crippen MR) is 71.9 cm³/mol. The molecule has 0 amide bonds. The van der Waals surface area contributed by atoms with Gasteiger partial charge in [-0.05, 0) is 18.6 Å². The standard InChI is InChI=1S/C14H12F3NO4/c1-9(7-10-5-3-2-4-6-10)18-13(14(15,16)17)22-12(21)8-11(19)20/h2-7H,8H2,1H3,(H,19,20). The molecule has 8 heteroatoms. The van der Waals surface area contributed by atoms with Crippen molar-refractivity contribution in [3.8, 4) is 0 Å². The SMILES string of the molecule is CC(=Cc1ccccc1)N=C(OC(=O)CC(=O)O)C(F)(F)F. The summed E-state index contributed by atoms with van der Waals surface area (Å²) < 4.78 is 42.2. The van der Waals surface area contributed by atoms with Gasteiger partial charge in [-0.25, -0.2) is 4.99 Å². The average Bonchev–Trinajstić information content (AvgIpc) is 2.37. The van der Waals surface area contributed by atoms with Crippen molar-refractivity contribution in [3.63, 3.8) is 0 Å². The van der Waals surface area contributed by atoms with Gasteiger partial charge in [-0.15, -0.1) is 0 Å². The van der Waals surface area contributed by atoms with Gasteiger partial charge in [0.2, 0.25) is 0 Å². The second kappa shape index (κ2) is 7.39. The van der Waals surface area contributed by atoms with Gasteiger partial charge in [0, 0.05) is 5.70 Å². The molecule has 0 aliphatic heterocycles. The Labute approximate surface area is 123 Å². The van der Waals surface area contributed by atoms with Gasteiger partial charge < -0.3 is 9.84 Å². The number of benzene rings is 1. The van der Waals surface area contributed by atoms with E-state index in [4.69, 9.17) is 5.11 Å². The van der Waals surface area contributed by atoms with Crippen molar-refractivity contribution in [3.05, 3.63) is 41.6 Å². The summed E-state index contributed by atoms with van der Waals surface area (Å²) >= 11 is 0. The van der Waals surface area contributed by atoms with Crippen molar-refractivity contribution in [2.24, 2.45) is 4.99 Å². The molecule has 22 heavy (non-hydrogen) atoms. The summed E-state index contributed by atoms with van der Waals surface area (Å²) in [7, 11) is 0. The maximum absolute atomic E-state index is 12.7. The van der Waals surface area contributed by atoms with Crippen LogP contribution in [0.15, 0.2) is 41.0 Å². The molecule has 0 aliphatic rings. The van der Waals surface area contributed by atoms with Crippen LogP contribution in [0.25, 0.3) is 6.08 Å². The van der Waals surface area contributed by atoms with Crippen LogP contribution in [-0.4, -0.2) is 29.1 Å². The number of nitrogens with zero attached hydrogens (tertiary/aromatic N) is 1. The van der Waals surface area contributed by atoms with Gasteiger partial charge in [-0.2, -0.15) is 13.2 Å². The van der Waals surface area contributed by atoms with Gasteiger partial charge in [0.25, 0.3) is 0 Å². The second-order valence-corrected chi connectivity index (χ2v) is 4.16. The van der Waals surface area contributed by atoms with E-state index in [1.165, 1.54) is 13.0 Å². The summed E-state index contributed by atoms with van der Waals surface area (Å²) in [5.74, 6) is -4.94. The molecule has 0 saturated carbocycles. The number of carboxylic acid groups (broad SMARTS) is 1. The van der Waals surface area contributed by atoms with E-state index < -0.39 is 30.4 Å². The quantitative estimate of drug-likeness (QED) is 0.401. The summed E-state index contributed by atoms with van der Waals surface area (Å²) in [5, 5.41) is 8.34. The Balaban J connectivity index is 2.99. The maximum Gasteiger partial charge on any atom is 0.469 e. The van der Waals surface area contributed by atoms with E-state index in [2.05, 4.69) is 9.73 Å². The van der Waals surface area contributed by atoms with Gasteiger partial charge >= 0.3 is 24.0 Å². The molecule has 0 saturated heterocycles. The number of ether oxygens (including phenoxy) is 1. The molecular weight excluding hydrogens is 303 g/mol. The van der Waals surface area contributed by atoms with Crippen LogP contribution >= 0.6 is 0 Å². The molecule has 0 unspecified atom stereocenters. The number of hydrogen-bond acceptors (Lipinski definition) is 4. The van der Waals surface area contributed by atoms with Gasteiger partial charge in [-0.1, -0.05) is 30.3 Å². The molecule has 0 spiro atoms. The van der Waals surface area contributed by atoms with Crippen LogP contribution in [0.2, 0.25) is 0 Å². The van der Waals surface area contributed by atoms with E-state index in [0.29, 0.717) is 5.56 Å². The Bertz CT molecular complexity index is 606. The van der Waals surface area contributed by atoms with E-state index in [9.17, 15) is 22.8 Å². The number of hydrogen-bond donors (Lipinski definition) is 1. The molecule has 1 N–H and O–H groups in total. The zero-order valence-electron chi connectivity index (χ0n) is 11.4. The van der Waals surface area contributed by atoms with Crippen LogP contribution < -0.4 is 0 Å². The molecular formula is C14H12F3NO4. The van der Waals surface area contributed by atoms with Gasteiger partial charge in [0.1, 0.15) is 6.42 Å². The Morgan fingerprint density at radius 3 is 2.36 bits per heavy atom. The summed E-state index contributed by atoms with van der Waals surface area (Å²) in [6.45, 7) is 1.30. The lowest BCUT2D eigenvalue weighted by Crippen LogP contribution is -2.29. The summed E-state index contributed by atoms with van der Waals surface area (Å²) in [4.78, 5) is 24.5. The van der Waals surface area contributed by atoms with Crippen molar-refractivity contribution in [1.29, 1.82) is 0 Å². The molecule has 0 aliphatic carbocycles. The minimum Gasteiger partial charge on any atom is -0.481 e. The highest BCUT2D eigenvalue weighted by Gasteiger charge is 2.40. The predicted octanol–water partition coefficient (Wildman–Crippen LogP) is 3.03. The fourth-order valence-electron chi connectivity index (χ4n) is 1.39. The van der Waals surface area contributed by atoms with E-state index in [0.717, 1.165) is 0 Å². The third-order valence-corrected chi connectivity index (χ3v) is 2.20. The first-order valence-corrected chi connectivity index (χ1v) is 6.00. The topological polar surface area (TPSA) is 76.0 Å². The number of aliphatic imine (C=N–C) groups is 1. The van der Waals surface area contributed by atoms with Gasteiger partial charge in [0.05, 0.1) is 0 Å². The van der Waals surface area contributed by atoms with E-state index in [1.807, 2.05) is 0 Å². The first kappa shape index (κ1) is 17.4. The third kappa shape index (κ3) is 6.21. The number of aliphatic carboxylic acids is 1. The fourth-order valence-corrected chi connectivity index (χ4v) is 1.39. The van der Waals surface area contributed by atoms with Crippen LogP contribution in [0.3, 0.4) is 0 Å². The van der Waals surface area contributed by atoms with Crippen molar-refractivity contribution in [2.75, 3.05) is 0 Å². The van der Waals surface area contributed by atoms with E-state index >= 15 is 0 Å². The molecule has 0 fully saturated rings. The Morgan fingerprint density at radius 1 is 1.27 bits per heavy atom.